The largest absolute Gasteiger partial charge is 0.384 e. The molecule has 0 bridgehead atoms. The average molecular weight is 258 g/mol. The monoisotopic (exact) mass is 256 g/mol. The number of halogens is 3. The molecule has 0 aromatic carbocycles. The normalized spacial score (nSPS) is 14.8. The number of hydrogen-bond donors (Lipinski definition) is 1. The molecule has 1 aromatic heterocycles. The predicted octanol–water partition coefficient (Wildman–Crippen LogP) is 2.87. The van der Waals surface area contributed by atoms with E-state index < -0.39 is 9.90 Å². The van der Waals surface area contributed by atoms with Crippen molar-refractivity contribution in [2.24, 2.45) is 0 Å². The van der Waals surface area contributed by atoms with Gasteiger partial charge in [0.15, 0.2) is 0 Å². The molecule has 0 aliphatic rings. The quantitative estimate of drug-likeness (QED) is 0.827. The molecule has 0 saturated carbocycles. The van der Waals surface area contributed by atoms with Crippen molar-refractivity contribution in [2.75, 3.05) is 0 Å². The van der Waals surface area contributed by atoms with Crippen LogP contribution in [0.2, 0.25) is 0 Å². The lowest BCUT2D eigenvalue weighted by Gasteiger charge is -2.17. The molecule has 1 aromatic rings. The molecule has 0 unspecified atom stereocenters. The van der Waals surface area contributed by atoms with Crippen molar-refractivity contribution >= 4 is 34.8 Å². The number of alkyl halides is 3. The van der Waals surface area contributed by atoms with Crippen LogP contribution in [0.5, 0.6) is 0 Å². The first-order valence-corrected chi connectivity index (χ1v) is 5.24. The molecule has 0 aliphatic heterocycles. The van der Waals surface area contributed by atoms with Crippen molar-refractivity contribution in [1.82, 2.24) is 9.78 Å². The Morgan fingerprint density at radius 1 is 1.43 bits per heavy atom. The van der Waals surface area contributed by atoms with Gasteiger partial charge in [-0.25, -0.2) is 0 Å². The van der Waals surface area contributed by atoms with E-state index in [2.05, 4.69) is 5.10 Å². The molecule has 3 nitrogen and oxygen atoms in total. The highest BCUT2D eigenvalue weighted by Gasteiger charge is 2.33. The van der Waals surface area contributed by atoms with Gasteiger partial charge >= 0.3 is 0 Å². The van der Waals surface area contributed by atoms with Gasteiger partial charge in [0, 0.05) is 17.8 Å². The third-order valence-electron chi connectivity index (χ3n) is 1.78. The van der Waals surface area contributed by atoms with Gasteiger partial charge in [-0.1, -0.05) is 34.8 Å². The summed E-state index contributed by atoms with van der Waals surface area (Å²) in [5.74, 6) is 0. The van der Waals surface area contributed by atoms with Crippen LogP contribution < -0.4 is 0 Å². The second kappa shape index (κ2) is 4.27. The Balaban J connectivity index is 2.87. The second-order valence-electron chi connectivity index (χ2n) is 3.29. The minimum atomic E-state index is -1.72. The molecule has 1 heterocycles. The zero-order valence-electron chi connectivity index (χ0n) is 7.78. The van der Waals surface area contributed by atoms with Crippen LogP contribution in [0.25, 0.3) is 0 Å². The van der Waals surface area contributed by atoms with Gasteiger partial charge < -0.3 is 5.11 Å². The van der Waals surface area contributed by atoms with Gasteiger partial charge in [0.05, 0.1) is 6.20 Å². The smallest absolute Gasteiger partial charge is 0.220 e. The fourth-order valence-electron chi connectivity index (χ4n) is 0.965. The van der Waals surface area contributed by atoms with E-state index in [1.165, 1.54) is 6.20 Å². The fraction of sp³-hybridized carbons (Fsp3) is 0.625. The third-order valence-corrected chi connectivity index (χ3v) is 2.40. The van der Waals surface area contributed by atoms with Gasteiger partial charge in [0.1, 0.15) is 6.10 Å². The molecule has 0 radical (unpaired) electrons. The predicted molar refractivity (Wildman–Crippen MR) is 57.9 cm³/mol. The Labute approximate surface area is 97.6 Å². The van der Waals surface area contributed by atoms with Crippen LogP contribution in [0.4, 0.5) is 0 Å². The summed E-state index contributed by atoms with van der Waals surface area (Å²) in [6, 6.07) is 0.214. The van der Waals surface area contributed by atoms with Crippen LogP contribution in [0.1, 0.15) is 31.6 Å². The van der Waals surface area contributed by atoms with Crippen LogP contribution in [0, 0.1) is 0 Å². The van der Waals surface area contributed by atoms with Gasteiger partial charge in [-0.3, -0.25) is 4.68 Å². The van der Waals surface area contributed by atoms with E-state index in [0.29, 0.717) is 5.56 Å². The van der Waals surface area contributed by atoms with Gasteiger partial charge in [-0.2, -0.15) is 5.10 Å². The molecular weight excluding hydrogens is 246 g/mol. The van der Waals surface area contributed by atoms with Crippen LogP contribution in [-0.2, 0) is 0 Å². The van der Waals surface area contributed by atoms with Gasteiger partial charge in [0.2, 0.25) is 3.79 Å². The Bertz CT molecular complexity index is 306. The van der Waals surface area contributed by atoms with Gasteiger partial charge in [-0.05, 0) is 13.8 Å². The highest BCUT2D eigenvalue weighted by atomic mass is 35.6. The van der Waals surface area contributed by atoms with E-state index in [9.17, 15) is 5.11 Å². The molecule has 0 saturated heterocycles. The maximum absolute atomic E-state index is 9.60. The molecule has 1 rings (SSSR count). The van der Waals surface area contributed by atoms with Crippen molar-refractivity contribution in [3.63, 3.8) is 0 Å². The topological polar surface area (TPSA) is 38.0 Å². The molecule has 0 spiro atoms. The van der Waals surface area contributed by atoms with Crippen LogP contribution in [0.15, 0.2) is 12.4 Å². The first kappa shape index (κ1) is 12.1. The van der Waals surface area contributed by atoms with Crippen molar-refractivity contribution in [2.45, 2.75) is 29.8 Å². The van der Waals surface area contributed by atoms with E-state index in [4.69, 9.17) is 34.8 Å². The Kier molecular flexibility index (Phi) is 3.69. The summed E-state index contributed by atoms with van der Waals surface area (Å²) in [6.07, 6.45) is 2.00. The first-order valence-electron chi connectivity index (χ1n) is 4.11. The minimum absolute atomic E-state index is 0.214. The fourth-order valence-corrected chi connectivity index (χ4v) is 1.34. The maximum atomic E-state index is 9.60. The molecule has 6 heteroatoms. The first-order chi connectivity index (χ1) is 6.32. The standard InChI is InChI=1S/C8H11Cl3N2O/c1-5(2)13-4-6(3-12-13)7(14)8(9,10)11/h3-5,7,14H,1-2H3/t7-/m0/s1. The van der Waals surface area contributed by atoms with Crippen LogP contribution >= 0.6 is 34.8 Å². The number of nitrogens with zero attached hydrogens (tertiary/aromatic N) is 2. The number of rotatable bonds is 2. The zero-order chi connectivity index (χ0) is 10.9. The van der Waals surface area contributed by atoms with Crippen molar-refractivity contribution in [3.8, 4) is 0 Å². The Hall–Kier alpha value is 0.0400. The molecule has 1 N–H and O–H groups in total. The lowest BCUT2D eigenvalue weighted by molar-refractivity contribution is 0.182. The lowest BCUT2D eigenvalue weighted by Crippen LogP contribution is -2.15. The van der Waals surface area contributed by atoms with E-state index in [1.54, 1.807) is 10.9 Å². The second-order valence-corrected chi connectivity index (χ2v) is 5.66. The highest BCUT2D eigenvalue weighted by Crippen LogP contribution is 2.39. The average Bonchev–Trinajstić information content (AvgIpc) is 2.48. The molecular formula is C8H11Cl3N2O. The SMILES string of the molecule is CC(C)n1cc([C@H](O)C(Cl)(Cl)Cl)cn1. The summed E-state index contributed by atoms with van der Waals surface area (Å²) in [7, 11) is 0. The molecule has 14 heavy (non-hydrogen) atoms. The Morgan fingerprint density at radius 3 is 2.36 bits per heavy atom. The number of aliphatic hydroxyl groups is 1. The summed E-state index contributed by atoms with van der Waals surface area (Å²) in [4.78, 5) is 0. The zero-order valence-corrected chi connectivity index (χ0v) is 10.1. The summed E-state index contributed by atoms with van der Waals surface area (Å²) >= 11 is 16.7. The van der Waals surface area contributed by atoms with E-state index in [0.717, 1.165) is 0 Å². The molecule has 0 fully saturated rings. The molecule has 0 amide bonds. The summed E-state index contributed by atoms with van der Waals surface area (Å²) in [6.45, 7) is 3.94. The number of hydrogen-bond acceptors (Lipinski definition) is 2. The van der Waals surface area contributed by atoms with E-state index in [1.807, 2.05) is 13.8 Å². The number of aliphatic hydroxyl groups excluding tert-OH is 1. The molecule has 1 atom stereocenters. The van der Waals surface area contributed by atoms with Gasteiger partial charge in [0.25, 0.3) is 0 Å². The molecule has 0 aliphatic carbocycles. The van der Waals surface area contributed by atoms with E-state index >= 15 is 0 Å². The summed E-state index contributed by atoms with van der Waals surface area (Å²) in [5.41, 5.74) is 0.499. The summed E-state index contributed by atoms with van der Waals surface area (Å²) in [5, 5.41) is 13.6. The van der Waals surface area contributed by atoms with Crippen molar-refractivity contribution in [3.05, 3.63) is 18.0 Å². The van der Waals surface area contributed by atoms with Crippen molar-refractivity contribution < 1.29 is 5.11 Å². The third kappa shape index (κ3) is 2.76. The Morgan fingerprint density at radius 2 is 2.00 bits per heavy atom. The minimum Gasteiger partial charge on any atom is -0.384 e. The van der Waals surface area contributed by atoms with E-state index in [-0.39, 0.29) is 6.04 Å². The van der Waals surface area contributed by atoms with Crippen LogP contribution in [0.3, 0.4) is 0 Å². The summed E-state index contributed by atoms with van der Waals surface area (Å²) < 4.78 is -0.0280. The molecule has 80 valence electrons. The lowest BCUT2D eigenvalue weighted by atomic mass is 10.2. The van der Waals surface area contributed by atoms with Crippen molar-refractivity contribution in [1.29, 1.82) is 0 Å². The van der Waals surface area contributed by atoms with Gasteiger partial charge in [-0.15, -0.1) is 0 Å². The highest BCUT2D eigenvalue weighted by molar-refractivity contribution is 6.67. The maximum Gasteiger partial charge on any atom is 0.220 e. The number of aromatic nitrogens is 2. The van der Waals surface area contributed by atoms with Crippen LogP contribution in [-0.4, -0.2) is 18.7 Å².